The molecule has 0 aromatic carbocycles. The Morgan fingerprint density at radius 1 is 1.89 bits per heavy atom. The molecule has 5 nitrogen and oxygen atoms in total. The molecule has 54 valence electrons. The van der Waals surface area contributed by atoms with E-state index in [4.69, 9.17) is 4.78 Å². The summed E-state index contributed by atoms with van der Waals surface area (Å²) < 4.78 is 19.2. The molecule has 0 aliphatic heterocycles. The van der Waals surface area contributed by atoms with Crippen LogP contribution in [0.1, 0.15) is 6.92 Å². The molecule has 0 fully saturated rings. The maximum Gasteiger partial charge on any atom is 0.324 e. The summed E-state index contributed by atoms with van der Waals surface area (Å²) in [6, 6.07) is -0.920. The number of hydrogen-bond acceptors (Lipinski definition) is 3. The van der Waals surface area contributed by atoms with E-state index in [0.717, 1.165) is 0 Å². The van der Waals surface area contributed by atoms with E-state index in [-0.39, 0.29) is 5.75 Å². The number of nitrogens with one attached hydrogen (secondary N) is 2. The zero-order valence-corrected chi connectivity index (χ0v) is 5.83. The molecule has 2 amide bonds. The first-order chi connectivity index (χ1) is 3.98. The van der Waals surface area contributed by atoms with Crippen LogP contribution in [-0.4, -0.2) is 16.0 Å². The third-order valence-corrected chi connectivity index (χ3v) is 2.02. The largest absolute Gasteiger partial charge is 0.351 e. The van der Waals surface area contributed by atoms with Gasteiger partial charge in [-0.25, -0.2) is 13.8 Å². The molecular weight excluding hydrogens is 142 g/mol. The quantitative estimate of drug-likeness (QED) is 0.502. The van der Waals surface area contributed by atoms with Gasteiger partial charge >= 0.3 is 6.03 Å². The summed E-state index contributed by atoms with van der Waals surface area (Å²) in [5.41, 5.74) is 4.60. The topological polar surface area (TPSA) is 96.0 Å². The Labute approximate surface area is 53.7 Å². The van der Waals surface area contributed by atoms with Crippen molar-refractivity contribution in [2.45, 2.75) is 6.92 Å². The van der Waals surface area contributed by atoms with E-state index in [1.165, 1.54) is 6.92 Å². The van der Waals surface area contributed by atoms with E-state index in [9.17, 15) is 9.00 Å². The van der Waals surface area contributed by atoms with E-state index >= 15 is 0 Å². The second kappa shape index (κ2) is 2.67. The predicted octanol–water partition coefficient (Wildman–Crippen LogP) is -0.364. The number of carbonyl (C=O) groups is 1. The van der Waals surface area contributed by atoms with Gasteiger partial charge in [-0.3, -0.25) is 4.72 Å². The minimum absolute atomic E-state index is 0.0793. The van der Waals surface area contributed by atoms with Crippen molar-refractivity contribution in [1.82, 2.24) is 4.72 Å². The van der Waals surface area contributed by atoms with E-state index in [2.05, 4.69) is 5.73 Å². The molecule has 0 radical (unpaired) electrons. The van der Waals surface area contributed by atoms with Gasteiger partial charge in [0.25, 0.3) is 0 Å². The van der Waals surface area contributed by atoms with Crippen LogP contribution in [0.15, 0.2) is 0 Å². The number of nitrogens with two attached hydrogens (primary N) is 1. The van der Waals surface area contributed by atoms with Crippen LogP contribution in [-0.2, 0) is 9.92 Å². The van der Waals surface area contributed by atoms with Crippen LogP contribution < -0.4 is 10.5 Å². The molecule has 6 heteroatoms. The van der Waals surface area contributed by atoms with Crippen LogP contribution in [0.25, 0.3) is 0 Å². The second-order valence-corrected chi connectivity index (χ2v) is 3.56. The van der Waals surface area contributed by atoms with Crippen molar-refractivity contribution in [1.29, 1.82) is 4.78 Å². The molecule has 0 aliphatic rings. The summed E-state index contributed by atoms with van der Waals surface area (Å²) in [5, 5.41) is 0. The van der Waals surface area contributed by atoms with Crippen molar-refractivity contribution in [3.8, 4) is 0 Å². The van der Waals surface area contributed by atoms with Crippen molar-refractivity contribution < 1.29 is 9.00 Å². The highest BCUT2D eigenvalue weighted by atomic mass is 32.2. The molecule has 0 rings (SSSR count). The average molecular weight is 151 g/mol. The number of carbonyl (C=O) groups excluding carboxylic acids is 1. The molecule has 4 N–H and O–H groups in total. The molecule has 1 unspecified atom stereocenters. The minimum Gasteiger partial charge on any atom is -0.351 e. The maximum atomic E-state index is 10.6. The standard InChI is InChI=1S/C3H9N3O2S/c1-2-9(5,8)6-3(4)7/h2H2,1H3,(H4,4,5,6,7,8). The summed E-state index contributed by atoms with van der Waals surface area (Å²) in [6.07, 6.45) is 0. The van der Waals surface area contributed by atoms with Crippen molar-refractivity contribution in [3.63, 3.8) is 0 Å². The predicted molar refractivity (Wildman–Crippen MR) is 34.1 cm³/mol. The molecule has 0 aliphatic carbocycles. The molecular formula is C3H9N3O2S. The number of urea groups is 1. The van der Waals surface area contributed by atoms with E-state index in [0.29, 0.717) is 0 Å². The third-order valence-electron chi connectivity index (χ3n) is 0.672. The Morgan fingerprint density at radius 2 is 2.33 bits per heavy atom. The lowest BCUT2D eigenvalue weighted by molar-refractivity contribution is 0.254. The number of primary amides is 1. The van der Waals surface area contributed by atoms with E-state index < -0.39 is 15.9 Å². The monoisotopic (exact) mass is 151 g/mol. The van der Waals surface area contributed by atoms with Crippen molar-refractivity contribution >= 4 is 15.9 Å². The SMILES string of the molecule is CCS(=N)(=O)NC(N)=O. The van der Waals surface area contributed by atoms with Gasteiger partial charge in [0, 0.05) is 5.75 Å². The fourth-order valence-corrected chi connectivity index (χ4v) is 0.704. The van der Waals surface area contributed by atoms with Gasteiger partial charge in [0.15, 0.2) is 0 Å². The van der Waals surface area contributed by atoms with Crippen LogP contribution in [0, 0.1) is 4.78 Å². The normalized spacial score (nSPS) is 16.1. The number of hydrogen-bond donors (Lipinski definition) is 3. The summed E-state index contributed by atoms with van der Waals surface area (Å²) >= 11 is 0. The van der Waals surface area contributed by atoms with Crippen molar-refractivity contribution in [3.05, 3.63) is 0 Å². The maximum absolute atomic E-state index is 10.6. The molecule has 1 atom stereocenters. The Morgan fingerprint density at radius 3 is 2.44 bits per heavy atom. The highest BCUT2D eigenvalue weighted by Gasteiger charge is 2.02. The smallest absolute Gasteiger partial charge is 0.324 e. The lowest BCUT2D eigenvalue weighted by atomic mass is 11.0. The third kappa shape index (κ3) is 3.77. The van der Waals surface area contributed by atoms with Crippen molar-refractivity contribution in [2.24, 2.45) is 5.73 Å². The number of rotatable bonds is 2. The second-order valence-electron chi connectivity index (χ2n) is 1.43. The van der Waals surface area contributed by atoms with Crippen LogP contribution in [0.3, 0.4) is 0 Å². The van der Waals surface area contributed by atoms with E-state index in [1.807, 2.05) is 0 Å². The van der Waals surface area contributed by atoms with Crippen LogP contribution >= 0.6 is 0 Å². The van der Waals surface area contributed by atoms with Gasteiger partial charge in [0.1, 0.15) is 9.92 Å². The first kappa shape index (κ1) is 8.22. The minimum atomic E-state index is -2.94. The zero-order chi connectivity index (χ0) is 7.49. The molecule has 0 spiro atoms. The first-order valence-electron chi connectivity index (χ1n) is 2.31. The Hall–Kier alpha value is -0.780. The van der Waals surface area contributed by atoms with Gasteiger partial charge in [-0.1, -0.05) is 6.92 Å². The molecule has 0 aromatic rings. The van der Waals surface area contributed by atoms with Gasteiger partial charge in [0.2, 0.25) is 0 Å². The summed E-state index contributed by atoms with van der Waals surface area (Å²) in [6.45, 7) is 1.53. The van der Waals surface area contributed by atoms with E-state index in [1.54, 1.807) is 4.72 Å². The number of amides is 2. The molecule has 0 saturated carbocycles. The Balaban J connectivity index is 4.06. The van der Waals surface area contributed by atoms with Gasteiger partial charge in [-0.05, 0) is 0 Å². The van der Waals surface area contributed by atoms with Crippen molar-refractivity contribution in [2.75, 3.05) is 5.75 Å². The summed E-state index contributed by atoms with van der Waals surface area (Å²) in [4.78, 5) is 9.99. The lowest BCUT2D eigenvalue weighted by Crippen LogP contribution is -2.35. The van der Waals surface area contributed by atoms with Gasteiger partial charge in [-0.15, -0.1) is 0 Å². The van der Waals surface area contributed by atoms with Crippen LogP contribution in [0.5, 0.6) is 0 Å². The fourth-order valence-electron chi connectivity index (χ4n) is 0.235. The van der Waals surface area contributed by atoms with Gasteiger partial charge in [-0.2, -0.15) is 0 Å². The van der Waals surface area contributed by atoms with Gasteiger partial charge < -0.3 is 5.73 Å². The molecule has 0 saturated heterocycles. The highest BCUT2D eigenvalue weighted by molar-refractivity contribution is 7.91. The highest BCUT2D eigenvalue weighted by Crippen LogP contribution is 1.81. The zero-order valence-electron chi connectivity index (χ0n) is 5.01. The molecule has 0 aromatic heterocycles. The lowest BCUT2D eigenvalue weighted by Gasteiger charge is -2.01. The Kier molecular flexibility index (Phi) is 2.44. The first-order valence-corrected chi connectivity index (χ1v) is 4.04. The fraction of sp³-hybridized carbons (Fsp3) is 0.667. The molecule has 0 heterocycles. The van der Waals surface area contributed by atoms with Crippen LogP contribution in [0.2, 0.25) is 0 Å². The molecule has 0 bridgehead atoms. The molecule has 9 heavy (non-hydrogen) atoms. The average Bonchev–Trinajstić information content (AvgIpc) is 1.63. The van der Waals surface area contributed by atoms with Crippen LogP contribution in [0.4, 0.5) is 4.79 Å². The summed E-state index contributed by atoms with van der Waals surface area (Å²) in [7, 11) is -2.94. The Bertz CT molecular complexity index is 195. The summed E-state index contributed by atoms with van der Waals surface area (Å²) in [5.74, 6) is 0.0793. The van der Waals surface area contributed by atoms with Gasteiger partial charge in [0.05, 0.1) is 0 Å².